The number of hydrogen-bond donors (Lipinski definition) is 3. The normalized spacial score (nSPS) is 16.2. The number of H-pyrrole nitrogens is 1. The maximum absolute atomic E-state index is 4.29. The maximum Gasteiger partial charge on any atom is 0.191 e. The molecule has 2 heterocycles. The van der Waals surface area contributed by atoms with Crippen molar-refractivity contribution in [2.24, 2.45) is 4.99 Å². The molecule has 1 aromatic heterocycles. The number of guanidine groups is 1. The van der Waals surface area contributed by atoms with Gasteiger partial charge in [0, 0.05) is 19.3 Å². The Hall–Kier alpha value is -1.52. The summed E-state index contributed by atoms with van der Waals surface area (Å²) in [4.78, 5) is 4.29. The fraction of sp³-hybridized carbons (Fsp3) is 0.500. The second-order valence-electron chi connectivity index (χ2n) is 2.95. The molecule has 0 aromatic carbocycles. The average molecular weight is 179 g/mol. The first kappa shape index (κ1) is 8.10. The first-order chi connectivity index (χ1) is 6.45. The molecule has 0 amide bonds. The van der Waals surface area contributed by atoms with Gasteiger partial charge in [0.15, 0.2) is 5.96 Å². The summed E-state index contributed by atoms with van der Waals surface area (Å²) in [6.07, 6.45) is 2.86. The zero-order valence-electron chi connectivity index (χ0n) is 7.38. The molecule has 5 heteroatoms. The Morgan fingerprint density at radius 3 is 3.23 bits per heavy atom. The lowest BCUT2D eigenvalue weighted by Gasteiger charge is -2.15. The van der Waals surface area contributed by atoms with Crippen molar-refractivity contribution in [2.75, 3.05) is 13.1 Å². The second kappa shape index (κ2) is 3.93. The third-order valence-corrected chi connectivity index (χ3v) is 1.90. The van der Waals surface area contributed by atoms with E-state index in [1.54, 1.807) is 6.20 Å². The molecule has 0 aliphatic carbocycles. The molecule has 1 aliphatic rings. The number of hydrogen-bond acceptors (Lipinski definition) is 4. The molecular weight excluding hydrogens is 166 g/mol. The summed E-state index contributed by atoms with van der Waals surface area (Å²) in [5.74, 6) is 0.890. The summed E-state index contributed by atoms with van der Waals surface area (Å²) < 4.78 is 0. The van der Waals surface area contributed by atoms with E-state index in [1.165, 1.54) is 0 Å². The largest absolute Gasteiger partial charge is 0.356 e. The minimum atomic E-state index is 0.742. The van der Waals surface area contributed by atoms with Gasteiger partial charge in [-0.25, -0.2) is 0 Å². The van der Waals surface area contributed by atoms with Gasteiger partial charge < -0.3 is 10.6 Å². The van der Waals surface area contributed by atoms with Crippen molar-refractivity contribution in [3.05, 3.63) is 18.0 Å². The summed E-state index contributed by atoms with van der Waals surface area (Å²) in [5, 5.41) is 13.1. The lowest BCUT2D eigenvalue weighted by Crippen LogP contribution is -2.40. The van der Waals surface area contributed by atoms with Crippen molar-refractivity contribution < 1.29 is 0 Å². The molecular formula is C8H13N5. The first-order valence-electron chi connectivity index (χ1n) is 4.45. The third kappa shape index (κ3) is 2.21. The highest BCUT2D eigenvalue weighted by Crippen LogP contribution is 1.91. The Morgan fingerprint density at radius 1 is 1.54 bits per heavy atom. The van der Waals surface area contributed by atoms with E-state index in [2.05, 4.69) is 25.8 Å². The number of rotatable bonds is 2. The topological polar surface area (TPSA) is 65.1 Å². The van der Waals surface area contributed by atoms with Crippen LogP contribution in [0.5, 0.6) is 0 Å². The average Bonchev–Trinajstić information content (AvgIpc) is 2.69. The zero-order valence-corrected chi connectivity index (χ0v) is 7.38. The number of aliphatic imine (C=N–C) groups is 1. The molecule has 0 unspecified atom stereocenters. The van der Waals surface area contributed by atoms with Crippen LogP contribution in [-0.2, 0) is 6.54 Å². The van der Waals surface area contributed by atoms with Gasteiger partial charge in [0.05, 0.1) is 12.2 Å². The minimum absolute atomic E-state index is 0.742. The van der Waals surface area contributed by atoms with Crippen LogP contribution in [0.3, 0.4) is 0 Å². The van der Waals surface area contributed by atoms with Gasteiger partial charge in [-0.05, 0) is 12.5 Å². The molecule has 0 atom stereocenters. The predicted molar refractivity (Wildman–Crippen MR) is 50.3 cm³/mol. The SMILES string of the molecule is c1cc(CNC2=NCCCN2)[nH]n1. The van der Waals surface area contributed by atoms with E-state index in [1.807, 2.05) is 6.07 Å². The van der Waals surface area contributed by atoms with Gasteiger partial charge in [-0.3, -0.25) is 10.1 Å². The van der Waals surface area contributed by atoms with E-state index in [0.717, 1.165) is 37.7 Å². The van der Waals surface area contributed by atoms with E-state index in [-0.39, 0.29) is 0 Å². The van der Waals surface area contributed by atoms with Crippen LogP contribution in [-0.4, -0.2) is 29.2 Å². The highest BCUT2D eigenvalue weighted by molar-refractivity contribution is 5.80. The molecule has 13 heavy (non-hydrogen) atoms. The summed E-state index contributed by atoms with van der Waals surface area (Å²) >= 11 is 0. The second-order valence-corrected chi connectivity index (χ2v) is 2.95. The molecule has 0 saturated heterocycles. The number of aromatic nitrogens is 2. The summed E-state index contributed by atoms with van der Waals surface area (Å²) in [7, 11) is 0. The molecule has 0 bridgehead atoms. The van der Waals surface area contributed by atoms with Crippen LogP contribution >= 0.6 is 0 Å². The van der Waals surface area contributed by atoms with Crippen LogP contribution in [0.4, 0.5) is 0 Å². The maximum atomic E-state index is 4.29. The minimum Gasteiger partial charge on any atom is -0.356 e. The van der Waals surface area contributed by atoms with Crippen LogP contribution in [0.15, 0.2) is 17.3 Å². The van der Waals surface area contributed by atoms with Crippen molar-refractivity contribution in [1.29, 1.82) is 0 Å². The standard InChI is InChI=1S/C8H13N5/c1-3-9-8(10-4-1)11-6-7-2-5-12-13-7/h2,5H,1,3-4,6H2,(H,12,13)(H2,9,10,11). The van der Waals surface area contributed by atoms with Crippen molar-refractivity contribution in [3.63, 3.8) is 0 Å². The number of nitrogens with zero attached hydrogens (tertiary/aromatic N) is 2. The highest BCUT2D eigenvalue weighted by atomic mass is 15.2. The van der Waals surface area contributed by atoms with E-state index in [4.69, 9.17) is 0 Å². The van der Waals surface area contributed by atoms with Crippen molar-refractivity contribution in [3.8, 4) is 0 Å². The Morgan fingerprint density at radius 2 is 2.54 bits per heavy atom. The van der Waals surface area contributed by atoms with Gasteiger partial charge in [0.1, 0.15) is 0 Å². The fourth-order valence-electron chi connectivity index (χ4n) is 1.21. The van der Waals surface area contributed by atoms with Crippen LogP contribution in [0.1, 0.15) is 12.1 Å². The van der Waals surface area contributed by atoms with Gasteiger partial charge in [0.25, 0.3) is 0 Å². The molecule has 2 rings (SSSR count). The van der Waals surface area contributed by atoms with Gasteiger partial charge in [-0.2, -0.15) is 5.10 Å². The van der Waals surface area contributed by atoms with Crippen molar-refractivity contribution in [1.82, 2.24) is 20.8 Å². The number of aromatic amines is 1. The number of nitrogens with one attached hydrogen (secondary N) is 3. The van der Waals surface area contributed by atoms with Crippen molar-refractivity contribution in [2.45, 2.75) is 13.0 Å². The fourth-order valence-corrected chi connectivity index (χ4v) is 1.21. The Kier molecular flexibility index (Phi) is 2.45. The molecule has 3 N–H and O–H groups in total. The summed E-state index contributed by atoms with van der Waals surface area (Å²) in [6, 6.07) is 1.94. The first-order valence-corrected chi connectivity index (χ1v) is 4.45. The monoisotopic (exact) mass is 179 g/mol. The molecule has 5 nitrogen and oxygen atoms in total. The molecule has 0 radical (unpaired) electrons. The Bertz CT molecular complexity index is 277. The van der Waals surface area contributed by atoms with Crippen LogP contribution in [0, 0.1) is 0 Å². The Balaban J connectivity index is 1.82. The third-order valence-electron chi connectivity index (χ3n) is 1.90. The smallest absolute Gasteiger partial charge is 0.191 e. The molecule has 0 saturated carbocycles. The van der Waals surface area contributed by atoms with Crippen molar-refractivity contribution >= 4 is 5.96 Å². The molecule has 1 aliphatic heterocycles. The summed E-state index contributed by atoms with van der Waals surface area (Å²) in [5.41, 5.74) is 1.06. The van der Waals surface area contributed by atoms with Crippen LogP contribution < -0.4 is 10.6 Å². The molecule has 1 aromatic rings. The molecule has 70 valence electrons. The quantitative estimate of drug-likeness (QED) is 0.591. The molecule has 0 spiro atoms. The van der Waals surface area contributed by atoms with E-state index in [0.29, 0.717) is 0 Å². The van der Waals surface area contributed by atoms with Gasteiger partial charge in [-0.1, -0.05) is 0 Å². The molecule has 0 fully saturated rings. The predicted octanol–water partition coefficient (Wildman–Crippen LogP) is -0.151. The van der Waals surface area contributed by atoms with E-state index >= 15 is 0 Å². The van der Waals surface area contributed by atoms with Crippen LogP contribution in [0.2, 0.25) is 0 Å². The zero-order chi connectivity index (χ0) is 8.93. The van der Waals surface area contributed by atoms with Gasteiger partial charge in [-0.15, -0.1) is 0 Å². The van der Waals surface area contributed by atoms with E-state index < -0.39 is 0 Å². The van der Waals surface area contributed by atoms with E-state index in [9.17, 15) is 0 Å². The Labute approximate surface area is 76.6 Å². The lowest BCUT2D eigenvalue weighted by atomic mass is 10.4. The summed E-state index contributed by atoms with van der Waals surface area (Å²) in [6.45, 7) is 2.67. The lowest BCUT2D eigenvalue weighted by molar-refractivity contribution is 0.698. The highest BCUT2D eigenvalue weighted by Gasteiger charge is 2.02. The van der Waals surface area contributed by atoms with Crippen LogP contribution in [0.25, 0.3) is 0 Å². The van der Waals surface area contributed by atoms with Gasteiger partial charge >= 0.3 is 0 Å². The van der Waals surface area contributed by atoms with Gasteiger partial charge in [0.2, 0.25) is 0 Å².